The van der Waals surface area contributed by atoms with Crippen LogP contribution in [0.1, 0.15) is 25.1 Å². The van der Waals surface area contributed by atoms with Gasteiger partial charge in [0.15, 0.2) is 0 Å². The average molecular weight is 290 g/mol. The number of nitrogens with zero attached hydrogens (tertiary/aromatic N) is 2. The lowest BCUT2D eigenvalue weighted by atomic mass is 10.1. The van der Waals surface area contributed by atoms with Gasteiger partial charge in [-0.05, 0) is 39.3 Å². The van der Waals surface area contributed by atoms with E-state index in [1.165, 1.54) is 22.6 Å². The van der Waals surface area contributed by atoms with Crippen LogP contribution in [0.15, 0.2) is 34.4 Å². The van der Waals surface area contributed by atoms with Gasteiger partial charge in [0.05, 0.1) is 0 Å². The summed E-state index contributed by atoms with van der Waals surface area (Å²) in [5, 5.41) is 1.93. The third-order valence-corrected chi connectivity index (χ3v) is 4.47. The second-order valence-corrected chi connectivity index (χ2v) is 6.19. The highest BCUT2D eigenvalue weighted by Gasteiger charge is 2.13. The molecule has 0 bridgehead atoms. The predicted octanol–water partition coefficient (Wildman–Crippen LogP) is 3.44. The molecule has 2 aromatic rings. The van der Waals surface area contributed by atoms with Crippen LogP contribution in [0.5, 0.6) is 0 Å². The maximum atomic E-state index is 11.8. The summed E-state index contributed by atoms with van der Waals surface area (Å²) in [6, 6.07) is 8.82. The zero-order chi connectivity index (χ0) is 14.7. The van der Waals surface area contributed by atoms with E-state index in [4.69, 9.17) is 0 Å². The van der Waals surface area contributed by atoms with Gasteiger partial charge in [-0.3, -0.25) is 4.79 Å². The van der Waals surface area contributed by atoms with Gasteiger partial charge in [-0.25, -0.2) is 0 Å². The molecule has 1 aromatic heterocycles. The number of hydrogen-bond donors (Lipinski definition) is 0. The van der Waals surface area contributed by atoms with E-state index in [1.807, 2.05) is 16.9 Å². The third-order valence-electron chi connectivity index (χ3n) is 3.59. The molecule has 0 aliphatic heterocycles. The molecule has 1 aromatic carbocycles. The van der Waals surface area contributed by atoms with Crippen molar-refractivity contribution in [2.24, 2.45) is 0 Å². The van der Waals surface area contributed by atoms with Crippen LogP contribution in [0.2, 0.25) is 0 Å². The first-order chi connectivity index (χ1) is 9.50. The number of rotatable bonds is 5. The van der Waals surface area contributed by atoms with Gasteiger partial charge in [0.2, 0.25) is 0 Å². The molecule has 0 atom stereocenters. The summed E-state index contributed by atoms with van der Waals surface area (Å²) in [4.78, 5) is 14.3. The zero-order valence-electron chi connectivity index (χ0n) is 12.6. The minimum atomic E-state index is 0.135. The first-order valence-electron chi connectivity index (χ1n) is 6.98. The topological polar surface area (TPSA) is 25.2 Å². The lowest BCUT2D eigenvalue weighted by Crippen LogP contribution is -2.35. The molecule has 20 heavy (non-hydrogen) atoms. The van der Waals surface area contributed by atoms with Crippen molar-refractivity contribution in [3.05, 3.63) is 50.6 Å². The van der Waals surface area contributed by atoms with Crippen LogP contribution in [-0.2, 0) is 6.54 Å². The Kier molecular flexibility index (Phi) is 4.65. The van der Waals surface area contributed by atoms with E-state index in [-0.39, 0.29) is 4.87 Å². The van der Waals surface area contributed by atoms with Crippen molar-refractivity contribution in [1.29, 1.82) is 0 Å². The van der Waals surface area contributed by atoms with Crippen LogP contribution in [-0.4, -0.2) is 17.2 Å². The predicted molar refractivity (Wildman–Crippen MR) is 87.0 cm³/mol. The standard InChI is InChI=1S/C16H22N2OS/c1-12(2)17(15-8-6-5-7-13(15)3)9-10-18-14(4)11-20-16(18)19/h5-8,11-12H,9-10H2,1-4H3. The maximum Gasteiger partial charge on any atom is 0.307 e. The molecule has 0 fully saturated rings. The summed E-state index contributed by atoms with van der Waals surface area (Å²) in [6.45, 7) is 10.1. The Hall–Kier alpha value is -1.55. The van der Waals surface area contributed by atoms with Gasteiger partial charge < -0.3 is 9.47 Å². The van der Waals surface area contributed by atoms with E-state index in [9.17, 15) is 4.79 Å². The summed E-state index contributed by atoms with van der Waals surface area (Å²) in [7, 11) is 0. The van der Waals surface area contributed by atoms with Gasteiger partial charge >= 0.3 is 4.87 Å². The van der Waals surface area contributed by atoms with Crippen LogP contribution in [0.4, 0.5) is 5.69 Å². The van der Waals surface area contributed by atoms with Gasteiger partial charge in [-0.2, -0.15) is 0 Å². The number of anilines is 1. The number of benzene rings is 1. The Morgan fingerprint density at radius 3 is 2.50 bits per heavy atom. The van der Waals surface area contributed by atoms with Crippen LogP contribution in [0.25, 0.3) is 0 Å². The number of aryl methyl sites for hydroxylation is 2. The number of thiazole rings is 1. The maximum absolute atomic E-state index is 11.8. The highest BCUT2D eigenvalue weighted by atomic mass is 32.1. The molecule has 1 heterocycles. The first-order valence-corrected chi connectivity index (χ1v) is 7.86. The Morgan fingerprint density at radius 2 is 1.95 bits per heavy atom. The molecule has 4 heteroatoms. The van der Waals surface area contributed by atoms with Crippen molar-refractivity contribution in [2.45, 2.75) is 40.3 Å². The molecule has 0 amide bonds. The number of hydrogen-bond acceptors (Lipinski definition) is 3. The van der Waals surface area contributed by atoms with E-state index >= 15 is 0 Å². The fraction of sp³-hybridized carbons (Fsp3) is 0.438. The second kappa shape index (κ2) is 6.27. The Labute approximate surface area is 124 Å². The molecule has 0 unspecified atom stereocenters. The monoisotopic (exact) mass is 290 g/mol. The molecule has 0 aliphatic rings. The van der Waals surface area contributed by atoms with E-state index in [1.54, 1.807) is 0 Å². The first kappa shape index (κ1) is 14.9. The molecular weight excluding hydrogens is 268 g/mol. The van der Waals surface area contributed by atoms with Crippen LogP contribution >= 0.6 is 11.3 Å². The highest BCUT2D eigenvalue weighted by Crippen LogP contribution is 2.21. The second-order valence-electron chi connectivity index (χ2n) is 5.37. The van der Waals surface area contributed by atoms with Crippen molar-refractivity contribution in [1.82, 2.24) is 4.57 Å². The summed E-state index contributed by atoms with van der Waals surface area (Å²) in [5.74, 6) is 0. The highest BCUT2D eigenvalue weighted by molar-refractivity contribution is 7.07. The number of para-hydroxylation sites is 1. The molecule has 0 aliphatic carbocycles. The zero-order valence-corrected chi connectivity index (χ0v) is 13.4. The largest absolute Gasteiger partial charge is 0.367 e. The van der Waals surface area contributed by atoms with Gasteiger partial charge in [0, 0.05) is 35.9 Å². The molecule has 3 nitrogen and oxygen atoms in total. The molecule has 108 valence electrons. The van der Waals surface area contributed by atoms with Gasteiger partial charge in [0.25, 0.3) is 0 Å². The molecule has 0 spiro atoms. The Bertz CT molecular complexity index is 627. The average Bonchev–Trinajstić information content (AvgIpc) is 2.72. The van der Waals surface area contributed by atoms with Crippen molar-refractivity contribution >= 4 is 17.0 Å². The molecular formula is C16H22N2OS. The quantitative estimate of drug-likeness (QED) is 0.843. The molecule has 0 radical (unpaired) electrons. The Balaban J connectivity index is 2.20. The molecule has 0 N–H and O–H groups in total. The summed E-state index contributed by atoms with van der Waals surface area (Å²) in [5.41, 5.74) is 3.58. The van der Waals surface area contributed by atoms with Gasteiger partial charge in [-0.1, -0.05) is 29.5 Å². The lowest BCUT2D eigenvalue weighted by molar-refractivity contribution is 0.596. The van der Waals surface area contributed by atoms with E-state index in [0.717, 1.165) is 18.8 Å². The Morgan fingerprint density at radius 1 is 1.25 bits per heavy atom. The van der Waals surface area contributed by atoms with Crippen molar-refractivity contribution in [3.63, 3.8) is 0 Å². The van der Waals surface area contributed by atoms with Crippen molar-refractivity contribution in [3.8, 4) is 0 Å². The van der Waals surface area contributed by atoms with E-state index < -0.39 is 0 Å². The normalized spacial score (nSPS) is 11.1. The summed E-state index contributed by atoms with van der Waals surface area (Å²) >= 11 is 1.28. The molecule has 0 saturated carbocycles. The minimum absolute atomic E-state index is 0.135. The minimum Gasteiger partial charge on any atom is -0.367 e. The summed E-state index contributed by atoms with van der Waals surface area (Å²) < 4.78 is 1.86. The SMILES string of the molecule is Cc1ccccc1N(CCn1c(C)csc1=O)C(C)C. The van der Waals surface area contributed by atoms with E-state index in [2.05, 4.69) is 49.9 Å². The summed E-state index contributed by atoms with van der Waals surface area (Å²) in [6.07, 6.45) is 0. The van der Waals surface area contributed by atoms with E-state index in [0.29, 0.717) is 6.04 Å². The number of aromatic nitrogens is 1. The van der Waals surface area contributed by atoms with Crippen molar-refractivity contribution < 1.29 is 0 Å². The van der Waals surface area contributed by atoms with Crippen LogP contribution in [0.3, 0.4) is 0 Å². The third kappa shape index (κ3) is 3.12. The van der Waals surface area contributed by atoms with Crippen LogP contribution in [0, 0.1) is 13.8 Å². The lowest BCUT2D eigenvalue weighted by Gasteiger charge is -2.30. The fourth-order valence-corrected chi connectivity index (χ4v) is 3.19. The van der Waals surface area contributed by atoms with Crippen molar-refractivity contribution in [2.75, 3.05) is 11.4 Å². The molecule has 0 saturated heterocycles. The molecule has 2 rings (SSSR count). The van der Waals surface area contributed by atoms with Gasteiger partial charge in [-0.15, -0.1) is 0 Å². The fourth-order valence-electron chi connectivity index (χ4n) is 2.42. The van der Waals surface area contributed by atoms with Crippen LogP contribution < -0.4 is 9.77 Å². The smallest absolute Gasteiger partial charge is 0.307 e. The van der Waals surface area contributed by atoms with Gasteiger partial charge in [0.1, 0.15) is 0 Å².